The smallest absolute Gasteiger partial charge is 0.253 e. The molecule has 0 fully saturated rings. The highest BCUT2D eigenvalue weighted by Crippen LogP contribution is 2.12. The van der Waals surface area contributed by atoms with Crippen molar-refractivity contribution < 1.29 is 14.6 Å². The Bertz CT molecular complexity index is 514. The zero-order chi connectivity index (χ0) is 15.0. The number of aryl methyl sites for hydroxylation is 1. The maximum atomic E-state index is 12.2. The van der Waals surface area contributed by atoms with Crippen LogP contribution in [0.3, 0.4) is 0 Å². The van der Waals surface area contributed by atoms with Crippen molar-refractivity contribution in [2.75, 3.05) is 33.9 Å². The SMILES string of the molecule is COCCN(C)C(=O)c1ccc(C)c(C#CCCO)c1. The molecule has 1 N–H and O–H groups in total. The lowest BCUT2D eigenvalue weighted by Crippen LogP contribution is -2.30. The average molecular weight is 275 g/mol. The zero-order valence-electron chi connectivity index (χ0n) is 12.3. The molecule has 0 radical (unpaired) electrons. The largest absolute Gasteiger partial charge is 0.395 e. The summed E-state index contributed by atoms with van der Waals surface area (Å²) in [5.74, 6) is 5.81. The Morgan fingerprint density at radius 3 is 2.85 bits per heavy atom. The maximum absolute atomic E-state index is 12.2. The molecule has 0 saturated heterocycles. The van der Waals surface area contributed by atoms with Gasteiger partial charge < -0.3 is 14.7 Å². The van der Waals surface area contributed by atoms with Gasteiger partial charge in [-0.25, -0.2) is 0 Å². The third-order valence-corrected chi connectivity index (χ3v) is 2.92. The van der Waals surface area contributed by atoms with E-state index in [-0.39, 0.29) is 12.5 Å². The summed E-state index contributed by atoms with van der Waals surface area (Å²) in [7, 11) is 3.36. The van der Waals surface area contributed by atoms with E-state index in [2.05, 4.69) is 11.8 Å². The van der Waals surface area contributed by atoms with Crippen LogP contribution in [0.4, 0.5) is 0 Å². The van der Waals surface area contributed by atoms with E-state index in [1.165, 1.54) is 0 Å². The van der Waals surface area contributed by atoms with Crippen LogP contribution in [0.2, 0.25) is 0 Å². The van der Waals surface area contributed by atoms with Crippen LogP contribution in [0.5, 0.6) is 0 Å². The number of rotatable bonds is 5. The molecule has 0 atom stereocenters. The molecule has 0 bridgehead atoms. The lowest BCUT2D eigenvalue weighted by molar-refractivity contribution is 0.0744. The van der Waals surface area contributed by atoms with E-state index in [0.29, 0.717) is 25.1 Å². The molecule has 1 amide bonds. The summed E-state index contributed by atoms with van der Waals surface area (Å²) in [4.78, 5) is 13.9. The molecular formula is C16H21NO3. The van der Waals surface area contributed by atoms with Crippen LogP contribution >= 0.6 is 0 Å². The Morgan fingerprint density at radius 1 is 1.45 bits per heavy atom. The highest BCUT2D eigenvalue weighted by molar-refractivity contribution is 5.94. The van der Waals surface area contributed by atoms with E-state index in [0.717, 1.165) is 11.1 Å². The van der Waals surface area contributed by atoms with Crippen molar-refractivity contribution in [2.24, 2.45) is 0 Å². The molecule has 0 spiro atoms. The minimum atomic E-state index is -0.0488. The first-order valence-corrected chi connectivity index (χ1v) is 6.55. The molecule has 1 aromatic carbocycles. The molecule has 0 aromatic heterocycles. The second kappa shape index (κ2) is 8.36. The molecule has 0 aliphatic heterocycles. The Morgan fingerprint density at radius 2 is 2.20 bits per heavy atom. The summed E-state index contributed by atoms with van der Waals surface area (Å²) in [6.45, 7) is 3.06. The third-order valence-electron chi connectivity index (χ3n) is 2.92. The molecule has 0 saturated carbocycles. The fourth-order valence-corrected chi connectivity index (χ4v) is 1.65. The number of likely N-dealkylation sites (N-methyl/N-ethyl adjacent to an activating group) is 1. The van der Waals surface area contributed by atoms with Crippen LogP contribution in [-0.2, 0) is 4.74 Å². The van der Waals surface area contributed by atoms with Crippen LogP contribution in [0, 0.1) is 18.8 Å². The fraction of sp³-hybridized carbons (Fsp3) is 0.438. The zero-order valence-corrected chi connectivity index (χ0v) is 12.3. The topological polar surface area (TPSA) is 49.8 Å². The Kier molecular flexibility index (Phi) is 6.78. The first-order chi connectivity index (χ1) is 9.60. The number of ether oxygens (including phenoxy) is 1. The molecule has 0 heterocycles. The van der Waals surface area contributed by atoms with E-state index in [9.17, 15) is 4.79 Å². The highest BCUT2D eigenvalue weighted by Gasteiger charge is 2.12. The second-order valence-electron chi connectivity index (χ2n) is 4.52. The molecule has 0 aliphatic rings. The van der Waals surface area contributed by atoms with Crippen LogP contribution < -0.4 is 0 Å². The van der Waals surface area contributed by atoms with Gasteiger partial charge in [-0.3, -0.25) is 4.79 Å². The van der Waals surface area contributed by atoms with Gasteiger partial charge in [0.15, 0.2) is 0 Å². The van der Waals surface area contributed by atoms with Crippen molar-refractivity contribution in [3.8, 4) is 11.8 Å². The van der Waals surface area contributed by atoms with E-state index >= 15 is 0 Å². The lowest BCUT2D eigenvalue weighted by atomic mass is 10.0. The molecule has 0 aliphatic carbocycles. The molecule has 4 heteroatoms. The normalized spacial score (nSPS) is 9.80. The van der Waals surface area contributed by atoms with E-state index < -0.39 is 0 Å². The van der Waals surface area contributed by atoms with Gasteiger partial charge in [0.2, 0.25) is 0 Å². The van der Waals surface area contributed by atoms with Gasteiger partial charge in [0.25, 0.3) is 5.91 Å². The number of carbonyl (C=O) groups is 1. The lowest BCUT2D eigenvalue weighted by Gasteiger charge is -2.17. The third kappa shape index (κ3) is 4.69. The first kappa shape index (κ1) is 16.2. The van der Waals surface area contributed by atoms with Gasteiger partial charge >= 0.3 is 0 Å². The van der Waals surface area contributed by atoms with Gasteiger partial charge in [-0.05, 0) is 24.6 Å². The Hall–Kier alpha value is -1.83. The number of amides is 1. The summed E-state index contributed by atoms with van der Waals surface area (Å²) < 4.78 is 4.97. The summed E-state index contributed by atoms with van der Waals surface area (Å²) in [6, 6.07) is 5.49. The van der Waals surface area contributed by atoms with Crippen molar-refractivity contribution >= 4 is 5.91 Å². The molecule has 1 aromatic rings. The van der Waals surface area contributed by atoms with Gasteiger partial charge in [-0.2, -0.15) is 0 Å². The highest BCUT2D eigenvalue weighted by atomic mass is 16.5. The number of aliphatic hydroxyl groups is 1. The number of hydrogen-bond donors (Lipinski definition) is 1. The number of nitrogens with zero attached hydrogens (tertiary/aromatic N) is 1. The van der Waals surface area contributed by atoms with E-state index in [1.807, 2.05) is 13.0 Å². The molecular weight excluding hydrogens is 254 g/mol. The summed E-state index contributed by atoms with van der Waals surface area (Å²) in [5.41, 5.74) is 2.46. The monoisotopic (exact) mass is 275 g/mol. The van der Waals surface area contributed by atoms with Gasteiger partial charge in [-0.15, -0.1) is 0 Å². The Balaban J connectivity index is 2.89. The predicted octanol–water partition coefficient (Wildman–Crippen LogP) is 1.45. The summed E-state index contributed by atoms with van der Waals surface area (Å²) >= 11 is 0. The van der Waals surface area contributed by atoms with Crippen molar-refractivity contribution in [3.63, 3.8) is 0 Å². The van der Waals surface area contributed by atoms with E-state index in [1.54, 1.807) is 31.2 Å². The number of benzene rings is 1. The van der Waals surface area contributed by atoms with Crippen molar-refractivity contribution in [3.05, 3.63) is 34.9 Å². The second-order valence-corrected chi connectivity index (χ2v) is 4.52. The molecule has 0 unspecified atom stereocenters. The van der Waals surface area contributed by atoms with Crippen LogP contribution in [0.15, 0.2) is 18.2 Å². The number of methoxy groups -OCH3 is 1. The number of carbonyl (C=O) groups excluding carboxylic acids is 1. The van der Waals surface area contributed by atoms with Crippen LogP contribution in [0.1, 0.15) is 27.9 Å². The maximum Gasteiger partial charge on any atom is 0.253 e. The van der Waals surface area contributed by atoms with Crippen molar-refractivity contribution in [1.82, 2.24) is 4.90 Å². The molecule has 20 heavy (non-hydrogen) atoms. The molecule has 4 nitrogen and oxygen atoms in total. The van der Waals surface area contributed by atoms with Gasteiger partial charge in [-0.1, -0.05) is 17.9 Å². The van der Waals surface area contributed by atoms with Gasteiger partial charge in [0.1, 0.15) is 0 Å². The predicted molar refractivity (Wildman–Crippen MR) is 78.6 cm³/mol. The van der Waals surface area contributed by atoms with Crippen LogP contribution in [-0.4, -0.2) is 49.8 Å². The van der Waals surface area contributed by atoms with Crippen molar-refractivity contribution in [1.29, 1.82) is 0 Å². The summed E-state index contributed by atoms with van der Waals surface area (Å²) in [5, 5.41) is 8.74. The molecule has 108 valence electrons. The fourth-order valence-electron chi connectivity index (χ4n) is 1.65. The van der Waals surface area contributed by atoms with Crippen molar-refractivity contribution in [2.45, 2.75) is 13.3 Å². The molecule has 1 rings (SSSR count). The quantitative estimate of drug-likeness (QED) is 0.827. The minimum absolute atomic E-state index is 0.0461. The van der Waals surface area contributed by atoms with Crippen LogP contribution in [0.25, 0.3) is 0 Å². The summed E-state index contributed by atoms with van der Waals surface area (Å²) in [6.07, 6.45) is 0.436. The minimum Gasteiger partial charge on any atom is -0.395 e. The van der Waals surface area contributed by atoms with Gasteiger partial charge in [0, 0.05) is 38.2 Å². The number of hydrogen-bond acceptors (Lipinski definition) is 3. The van der Waals surface area contributed by atoms with Gasteiger partial charge in [0.05, 0.1) is 13.2 Å². The number of aliphatic hydroxyl groups excluding tert-OH is 1. The first-order valence-electron chi connectivity index (χ1n) is 6.55. The standard InChI is InChI=1S/C16H21NO3/c1-13-7-8-15(12-14(13)6-4-5-10-18)16(19)17(2)9-11-20-3/h7-8,12,18H,5,9-11H2,1-3H3. The average Bonchev–Trinajstić information content (AvgIpc) is 2.46. The van der Waals surface area contributed by atoms with E-state index in [4.69, 9.17) is 9.84 Å². The Labute approximate surface area is 120 Å².